The summed E-state index contributed by atoms with van der Waals surface area (Å²) < 4.78 is 27.6. The van der Waals surface area contributed by atoms with Gasteiger partial charge >= 0.3 is 0 Å². The number of carbonyl (C=O) groups is 1. The number of hydrogen-bond acceptors (Lipinski definition) is 4. The largest absolute Gasteiger partial charge is 0.290 e. The second kappa shape index (κ2) is 7.08. The topological polar surface area (TPSA) is 59.3 Å². The zero-order valence-corrected chi connectivity index (χ0v) is 14.6. The van der Waals surface area contributed by atoms with Crippen molar-refractivity contribution in [1.29, 1.82) is 0 Å². The van der Waals surface area contributed by atoms with Gasteiger partial charge in [-0.15, -0.1) is 16.4 Å². The lowest BCUT2D eigenvalue weighted by Gasteiger charge is -1.98. The number of anilines is 1. The van der Waals surface area contributed by atoms with E-state index in [0.717, 1.165) is 11.3 Å². The van der Waals surface area contributed by atoms with Crippen LogP contribution in [0.3, 0.4) is 0 Å². The Morgan fingerprint density at radius 3 is 2.41 bits per heavy atom. The summed E-state index contributed by atoms with van der Waals surface area (Å²) in [6.45, 7) is 0. The first kappa shape index (κ1) is 17.0. The molecule has 27 heavy (non-hydrogen) atoms. The molecule has 2 aromatic heterocycles. The number of halogens is 2. The zero-order valence-electron chi connectivity index (χ0n) is 13.8. The molecular weight excluding hydrogens is 370 g/mol. The van der Waals surface area contributed by atoms with Crippen molar-refractivity contribution >= 4 is 34.2 Å². The number of fused-ring (bicyclic) bond motifs is 1. The zero-order chi connectivity index (χ0) is 18.8. The van der Waals surface area contributed by atoms with Crippen molar-refractivity contribution in [3.8, 4) is 11.3 Å². The van der Waals surface area contributed by atoms with Crippen molar-refractivity contribution in [3.63, 3.8) is 0 Å². The standard InChI is InChI=1S/C19H12F2N4OS/c20-14-6-1-12(2-7-14)3-10-17(26)22-18-23-19-25(24-18)16(11-27-19)13-4-8-15(21)9-5-13/h1-11H,(H,22,24,26)/b10-3+. The maximum Gasteiger partial charge on any atom is 0.250 e. The first-order valence-corrected chi connectivity index (χ1v) is 8.81. The minimum absolute atomic E-state index is 0.166. The van der Waals surface area contributed by atoms with Gasteiger partial charge in [0.15, 0.2) is 0 Å². The van der Waals surface area contributed by atoms with Crippen LogP contribution in [0.5, 0.6) is 0 Å². The molecule has 0 spiro atoms. The summed E-state index contributed by atoms with van der Waals surface area (Å²) in [4.78, 5) is 16.9. The van der Waals surface area contributed by atoms with Crippen LogP contribution in [0, 0.1) is 11.6 Å². The van der Waals surface area contributed by atoms with E-state index < -0.39 is 5.91 Å². The molecule has 0 saturated carbocycles. The molecule has 0 bridgehead atoms. The second-order valence-corrected chi connectivity index (χ2v) is 6.47. The highest BCUT2D eigenvalue weighted by atomic mass is 32.1. The average molecular weight is 382 g/mol. The summed E-state index contributed by atoms with van der Waals surface area (Å²) in [5, 5.41) is 8.74. The van der Waals surface area contributed by atoms with Crippen molar-refractivity contribution in [2.24, 2.45) is 0 Å². The predicted octanol–water partition coefficient (Wildman–Crippen LogP) is 4.39. The van der Waals surface area contributed by atoms with Gasteiger partial charge in [-0.05, 0) is 48.0 Å². The lowest BCUT2D eigenvalue weighted by molar-refractivity contribution is -0.111. The molecule has 134 valence electrons. The Kier molecular flexibility index (Phi) is 4.47. The lowest BCUT2D eigenvalue weighted by atomic mass is 10.2. The normalized spacial score (nSPS) is 11.3. The number of hydrogen-bond donors (Lipinski definition) is 1. The van der Waals surface area contributed by atoms with E-state index >= 15 is 0 Å². The SMILES string of the molecule is O=C(/C=C/c1ccc(F)cc1)Nc1nc2scc(-c3ccc(F)cc3)n2n1. The molecule has 2 heterocycles. The van der Waals surface area contributed by atoms with Crippen LogP contribution in [0.15, 0.2) is 60.0 Å². The maximum atomic E-state index is 13.1. The van der Waals surface area contributed by atoms with Crippen LogP contribution < -0.4 is 5.32 Å². The summed E-state index contributed by atoms with van der Waals surface area (Å²) in [5.41, 5.74) is 2.25. The summed E-state index contributed by atoms with van der Waals surface area (Å²) >= 11 is 1.36. The molecule has 4 aromatic rings. The van der Waals surface area contributed by atoms with E-state index in [2.05, 4.69) is 15.4 Å². The Balaban J connectivity index is 1.52. The van der Waals surface area contributed by atoms with Crippen molar-refractivity contribution in [3.05, 3.63) is 77.2 Å². The molecular formula is C19H12F2N4OS. The maximum absolute atomic E-state index is 13.1. The number of nitrogens with one attached hydrogen (secondary N) is 1. The number of nitrogens with zero attached hydrogens (tertiary/aromatic N) is 3. The summed E-state index contributed by atoms with van der Waals surface area (Å²) in [6.07, 6.45) is 2.89. The number of carbonyl (C=O) groups excluding carboxylic acids is 1. The molecule has 0 radical (unpaired) electrons. The van der Waals surface area contributed by atoms with E-state index in [1.807, 2.05) is 5.38 Å². The Morgan fingerprint density at radius 2 is 1.70 bits per heavy atom. The third-order valence-corrected chi connectivity index (χ3v) is 4.57. The van der Waals surface area contributed by atoms with Gasteiger partial charge in [0.2, 0.25) is 4.96 Å². The summed E-state index contributed by atoms with van der Waals surface area (Å²) in [5.74, 6) is -0.888. The van der Waals surface area contributed by atoms with Crippen LogP contribution >= 0.6 is 11.3 Å². The first-order chi connectivity index (χ1) is 13.1. The molecule has 0 aliphatic carbocycles. The van der Waals surface area contributed by atoms with Gasteiger partial charge in [0.25, 0.3) is 11.9 Å². The van der Waals surface area contributed by atoms with E-state index in [9.17, 15) is 13.6 Å². The van der Waals surface area contributed by atoms with E-state index in [1.54, 1.807) is 34.9 Å². The van der Waals surface area contributed by atoms with Gasteiger partial charge in [-0.25, -0.2) is 13.3 Å². The quantitative estimate of drug-likeness (QED) is 0.533. The third-order valence-electron chi connectivity index (χ3n) is 3.75. The number of thiazole rings is 1. The van der Waals surface area contributed by atoms with Gasteiger partial charge in [-0.2, -0.15) is 4.98 Å². The third kappa shape index (κ3) is 3.75. The molecule has 1 N–H and O–H groups in total. The molecule has 8 heteroatoms. The lowest BCUT2D eigenvalue weighted by Crippen LogP contribution is -2.09. The van der Waals surface area contributed by atoms with Crippen LogP contribution in [0.4, 0.5) is 14.7 Å². The molecule has 0 saturated heterocycles. The Morgan fingerprint density at radius 1 is 1.04 bits per heavy atom. The van der Waals surface area contributed by atoms with Gasteiger partial charge in [-0.3, -0.25) is 10.1 Å². The van der Waals surface area contributed by atoms with E-state index in [1.165, 1.54) is 41.7 Å². The van der Waals surface area contributed by atoms with Crippen molar-refractivity contribution in [2.45, 2.75) is 0 Å². The minimum atomic E-state index is -0.402. The molecule has 0 aliphatic heterocycles. The van der Waals surface area contributed by atoms with Crippen LogP contribution in [0.2, 0.25) is 0 Å². The number of rotatable bonds is 4. The van der Waals surface area contributed by atoms with E-state index in [0.29, 0.717) is 10.5 Å². The number of benzene rings is 2. The fraction of sp³-hybridized carbons (Fsp3) is 0. The summed E-state index contributed by atoms with van der Waals surface area (Å²) in [7, 11) is 0. The van der Waals surface area contributed by atoms with Gasteiger partial charge in [0.05, 0.1) is 5.69 Å². The highest BCUT2D eigenvalue weighted by Crippen LogP contribution is 2.26. The highest BCUT2D eigenvalue weighted by molar-refractivity contribution is 7.15. The fourth-order valence-corrected chi connectivity index (χ4v) is 3.28. The fourth-order valence-electron chi connectivity index (χ4n) is 2.45. The van der Waals surface area contributed by atoms with Crippen LogP contribution in [-0.4, -0.2) is 20.5 Å². The average Bonchev–Trinajstić information content (AvgIpc) is 3.22. The summed E-state index contributed by atoms with van der Waals surface area (Å²) in [6, 6.07) is 11.8. The van der Waals surface area contributed by atoms with Crippen molar-refractivity contribution < 1.29 is 13.6 Å². The van der Waals surface area contributed by atoms with Crippen molar-refractivity contribution in [1.82, 2.24) is 14.6 Å². The number of amides is 1. The molecule has 2 aromatic carbocycles. The minimum Gasteiger partial charge on any atom is -0.290 e. The first-order valence-electron chi connectivity index (χ1n) is 7.93. The smallest absolute Gasteiger partial charge is 0.250 e. The molecule has 0 atom stereocenters. The van der Waals surface area contributed by atoms with Crippen LogP contribution in [0.1, 0.15) is 5.56 Å². The molecule has 0 unspecified atom stereocenters. The van der Waals surface area contributed by atoms with E-state index in [4.69, 9.17) is 0 Å². The molecule has 1 amide bonds. The molecule has 0 aliphatic rings. The Labute approximate surface area is 156 Å². The van der Waals surface area contributed by atoms with E-state index in [-0.39, 0.29) is 17.6 Å². The van der Waals surface area contributed by atoms with Crippen LogP contribution in [0.25, 0.3) is 22.3 Å². The van der Waals surface area contributed by atoms with Crippen LogP contribution in [-0.2, 0) is 4.79 Å². The van der Waals surface area contributed by atoms with Gasteiger partial charge in [-0.1, -0.05) is 12.1 Å². The second-order valence-electron chi connectivity index (χ2n) is 5.63. The molecule has 4 rings (SSSR count). The van der Waals surface area contributed by atoms with Crippen molar-refractivity contribution in [2.75, 3.05) is 5.32 Å². The van der Waals surface area contributed by atoms with Gasteiger partial charge < -0.3 is 0 Å². The number of aromatic nitrogens is 3. The molecule has 0 fully saturated rings. The Hall–Kier alpha value is -3.39. The predicted molar refractivity (Wildman–Crippen MR) is 100 cm³/mol. The van der Waals surface area contributed by atoms with Gasteiger partial charge in [0, 0.05) is 17.0 Å². The highest BCUT2D eigenvalue weighted by Gasteiger charge is 2.12. The van der Waals surface area contributed by atoms with Gasteiger partial charge in [0.1, 0.15) is 11.6 Å². The molecule has 5 nitrogen and oxygen atoms in total. The monoisotopic (exact) mass is 382 g/mol. The Bertz CT molecular complexity index is 1130.